The average Bonchev–Trinajstić information content (AvgIpc) is 3.51. The maximum absolute atomic E-state index is 4.84. The van der Waals surface area contributed by atoms with Crippen molar-refractivity contribution in [3.05, 3.63) is 134 Å². The van der Waals surface area contributed by atoms with Crippen LogP contribution in [0.2, 0.25) is 0 Å². The van der Waals surface area contributed by atoms with Gasteiger partial charge in [-0.2, -0.15) is 0 Å². The molecule has 0 unspecified atom stereocenters. The van der Waals surface area contributed by atoms with Gasteiger partial charge in [-0.05, 0) is 42.0 Å². The van der Waals surface area contributed by atoms with Crippen LogP contribution in [0.1, 0.15) is 0 Å². The fourth-order valence-corrected chi connectivity index (χ4v) is 5.81. The molecule has 0 aliphatic carbocycles. The first-order chi connectivity index (χ1) is 18.9. The van der Waals surface area contributed by atoms with Crippen molar-refractivity contribution in [1.82, 2.24) is 19.1 Å². The zero-order chi connectivity index (χ0) is 25.1. The summed E-state index contributed by atoms with van der Waals surface area (Å²) in [6.45, 7) is 0. The quantitative estimate of drug-likeness (QED) is 0.252. The summed E-state index contributed by atoms with van der Waals surface area (Å²) in [5.74, 6) is 0.669. The van der Waals surface area contributed by atoms with E-state index < -0.39 is 0 Å². The number of hydrogen-bond donors (Lipinski definition) is 0. The molecule has 0 aliphatic heterocycles. The maximum Gasteiger partial charge on any atom is 0.234 e. The number of para-hydroxylation sites is 3. The van der Waals surface area contributed by atoms with Crippen LogP contribution >= 0.6 is 0 Å². The Bertz CT molecular complexity index is 2100. The van der Waals surface area contributed by atoms with E-state index in [1.807, 2.05) is 30.6 Å². The molecule has 8 rings (SSSR count). The monoisotopic (exact) mass is 486 g/mol. The highest BCUT2D eigenvalue weighted by Crippen LogP contribution is 2.41. The van der Waals surface area contributed by atoms with Gasteiger partial charge in [-0.3, -0.25) is 4.57 Å². The van der Waals surface area contributed by atoms with E-state index in [2.05, 4.69) is 112 Å². The largest absolute Gasteiger partial charge is 0.309 e. The summed E-state index contributed by atoms with van der Waals surface area (Å²) in [6.07, 6.45) is 3.83. The Hall–Kier alpha value is -5.22. The van der Waals surface area contributed by atoms with Crippen molar-refractivity contribution < 1.29 is 0 Å². The Morgan fingerprint density at radius 3 is 1.53 bits per heavy atom. The molecule has 3 aromatic heterocycles. The van der Waals surface area contributed by atoms with Gasteiger partial charge in [0, 0.05) is 45.2 Å². The van der Waals surface area contributed by atoms with Crippen LogP contribution in [-0.4, -0.2) is 19.1 Å². The maximum atomic E-state index is 4.84. The standard InChI is InChI=1S/C34H22N4/c1-3-11-23(12-4-1)24-21-35-34(36-22-24)38-29-18-10-8-16-27(29)33-31(38)20-19-30-32(33)26-15-7-9-17-28(26)37(30)25-13-5-2-6-14-25/h1-22H. The van der Waals surface area contributed by atoms with Crippen LogP contribution < -0.4 is 0 Å². The molecule has 0 fully saturated rings. The third kappa shape index (κ3) is 2.98. The fourth-order valence-electron chi connectivity index (χ4n) is 5.81. The van der Waals surface area contributed by atoms with Crippen LogP contribution in [0.25, 0.3) is 66.4 Å². The van der Waals surface area contributed by atoms with E-state index in [0.717, 1.165) is 27.8 Å². The van der Waals surface area contributed by atoms with Gasteiger partial charge in [0.15, 0.2) is 0 Å². The number of fused-ring (bicyclic) bond motifs is 7. The first-order valence-corrected chi connectivity index (χ1v) is 12.8. The normalized spacial score (nSPS) is 11.7. The first-order valence-electron chi connectivity index (χ1n) is 12.8. The summed E-state index contributed by atoms with van der Waals surface area (Å²) in [5, 5.41) is 4.90. The van der Waals surface area contributed by atoms with E-state index in [4.69, 9.17) is 9.97 Å². The van der Waals surface area contributed by atoms with Crippen molar-refractivity contribution in [3.8, 4) is 22.8 Å². The lowest BCUT2D eigenvalue weighted by Gasteiger charge is -2.08. The molecule has 0 radical (unpaired) electrons. The summed E-state index contributed by atoms with van der Waals surface area (Å²) in [5.41, 5.74) is 7.84. The number of rotatable bonds is 3. The Balaban J connectivity index is 1.46. The molecule has 0 atom stereocenters. The summed E-state index contributed by atoms with van der Waals surface area (Å²) in [7, 11) is 0. The van der Waals surface area contributed by atoms with Gasteiger partial charge in [-0.25, -0.2) is 9.97 Å². The van der Waals surface area contributed by atoms with Crippen LogP contribution in [0.4, 0.5) is 0 Å². The Labute approximate surface area is 219 Å². The first kappa shape index (κ1) is 20.9. The lowest BCUT2D eigenvalue weighted by Crippen LogP contribution is -2.00. The molecule has 4 nitrogen and oxygen atoms in total. The average molecular weight is 487 g/mol. The van der Waals surface area contributed by atoms with E-state index in [1.54, 1.807) is 0 Å². The van der Waals surface area contributed by atoms with E-state index in [1.165, 1.54) is 32.6 Å². The highest BCUT2D eigenvalue weighted by atomic mass is 15.1. The van der Waals surface area contributed by atoms with Gasteiger partial charge in [-0.1, -0.05) is 84.9 Å². The van der Waals surface area contributed by atoms with Crippen molar-refractivity contribution in [1.29, 1.82) is 0 Å². The van der Waals surface area contributed by atoms with Gasteiger partial charge >= 0.3 is 0 Å². The van der Waals surface area contributed by atoms with Crippen LogP contribution in [0, 0.1) is 0 Å². The highest BCUT2D eigenvalue weighted by Gasteiger charge is 2.20. The molecule has 0 saturated carbocycles. The second-order valence-electron chi connectivity index (χ2n) is 9.53. The van der Waals surface area contributed by atoms with Crippen molar-refractivity contribution in [2.45, 2.75) is 0 Å². The van der Waals surface area contributed by atoms with Crippen molar-refractivity contribution >= 4 is 43.6 Å². The van der Waals surface area contributed by atoms with Crippen LogP contribution in [0.3, 0.4) is 0 Å². The number of hydrogen-bond acceptors (Lipinski definition) is 2. The van der Waals surface area contributed by atoms with Gasteiger partial charge in [0.25, 0.3) is 0 Å². The predicted molar refractivity (Wildman–Crippen MR) is 156 cm³/mol. The molecule has 4 heteroatoms. The molecule has 38 heavy (non-hydrogen) atoms. The third-order valence-corrected chi connectivity index (χ3v) is 7.43. The SMILES string of the molecule is c1ccc(-c2cnc(-n3c4ccccc4c4c5c6ccccc6n(-c6ccccc6)c5ccc43)nc2)cc1. The molecule has 0 N–H and O–H groups in total. The molecule has 0 amide bonds. The molecule has 0 saturated heterocycles. The predicted octanol–water partition coefficient (Wildman–Crippen LogP) is 8.34. The fraction of sp³-hybridized carbons (Fsp3) is 0. The van der Waals surface area contributed by atoms with Crippen molar-refractivity contribution in [2.24, 2.45) is 0 Å². The van der Waals surface area contributed by atoms with Crippen LogP contribution in [-0.2, 0) is 0 Å². The van der Waals surface area contributed by atoms with Crippen LogP contribution in [0.5, 0.6) is 0 Å². The second-order valence-corrected chi connectivity index (χ2v) is 9.53. The molecule has 8 aromatic rings. The van der Waals surface area contributed by atoms with Gasteiger partial charge in [0.05, 0.1) is 22.1 Å². The Morgan fingerprint density at radius 1 is 0.395 bits per heavy atom. The number of aromatic nitrogens is 4. The van der Waals surface area contributed by atoms with Gasteiger partial charge in [0.2, 0.25) is 5.95 Å². The molecule has 0 aliphatic rings. The molecule has 3 heterocycles. The zero-order valence-corrected chi connectivity index (χ0v) is 20.5. The zero-order valence-electron chi connectivity index (χ0n) is 20.5. The minimum absolute atomic E-state index is 0.669. The lowest BCUT2D eigenvalue weighted by molar-refractivity contribution is 0.990. The smallest absolute Gasteiger partial charge is 0.234 e. The third-order valence-electron chi connectivity index (χ3n) is 7.43. The second kappa shape index (κ2) is 8.15. The molecule has 0 spiro atoms. The van der Waals surface area contributed by atoms with Crippen molar-refractivity contribution in [2.75, 3.05) is 0 Å². The molecule has 178 valence electrons. The molecule has 5 aromatic carbocycles. The van der Waals surface area contributed by atoms with E-state index in [9.17, 15) is 0 Å². The Kier molecular flexibility index (Phi) is 4.49. The molecular formula is C34H22N4. The minimum Gasteiger partial charge on any atom is -0.309 e. The van der Waals surface area contributed by atoms with Gasteiger partial charge in [0.1, 0.15) is 0 Å². The lowest BCUT2D eigenvalue weighted by atomic mass is 10.1. The Morgan fingerprint density at radius 2 is 0.895 bits per heavy atom. The van der Waals surface area contributed by atoms with E-state index >= 15 is 0 Å². The molecular weight excluding hydrogens is 464 g/mol. The van der Waals surface area contributed by atoms with Gasteiger partial charge in [-0.15, -0.1) is 0 Å². The van der Waals surface area contributed by atoms with E-state index in [-0.39, 0.29) is 0 Å². The van der Waals surface area contributed by atoms with Gasteiger partial charge < -0.3 is 4.57 Å². The topological polar surface area (TPSA) is 35.6 Å². The van der Waals surface area contributed by atoms with E-state index in [0.29, 0.717) is 5.95 Å². The molecule has 0 bridgehead atoms. The number of nitrogens with zero attached hydrogens (tertiary/aromatic N) is 4. The highest BCUT2D eigenvalue weighted by molar-refractivity contribution is 6.28. The van der Waals surface area contributed by atoms with Crippen molar-refractivity contribution in [3.63, 3.8) is 0 Å². The summed E-state index contributed by atoms with van der Waals surface area (Å²) in [6, 6.07) is 42.5. The number of benzene rings is 5. The van der Waals surface area contributed by atoms with Crippen LogP contribution in [0.15, 0.2) is 134 Å². The minimum atomic E-state index is 0.669. The summed E-state index contributed by atoms with van der Waals surface area (Å²) < 4.78 is 4.55. The summed E-state index contributed by atoms with van der Waals surface area (Å²) >= 11 is 0. The summed E-state index contributed by atoms with van der Waals surface area (Å²) in [4.78, 5) is 9.68.